The second-order valence-electron chi connectivity index (χ2n) is 4.25. The Kier molecular flexibility index (Phi) is 3.63. The summed E-state index contributed by atoms with van der Waals surface area (Å²) in [6.45, 7) is 5.53. The van der Waals surface area contributed by atoms with E-state index in [-0.39, 0.29) is 5.91 Å². The zero-order valence-corrected chi connectivity index (χ0v) is 10.9. The number of nitrogens with zero attached hydrogens (tertiary/aromatic N) is 2. The van der Waals surface area contributed by atoms with Gasteiger partial charge in [-0.05, 0) is 20.3 Å². The van der Waals surface area contributed by atoms with E-state index in [0.29, 0.717) is 6.54 Å². The molecule has 17 heavy (non-hydrogen) atoms. The van der Waals surface area contributed by atoms with Gasteiger partial charge in [0.25, 0.3) is 0 Å². The number of aryl methyl sites for hydroxylation is 1. The molecule has 1 fully saturated rings. The number of carbonyl (C=O) groups is 1. The maximum absolute atomic E-state index is 11.5. The summed E-state index contributed by atoms with van der Waals surface area (Å²) in [5.41, 5.74) is 0.852. The molecule has 0 saturated carbocycles. The number of amides is 1. The van der Waals surface area contributed by atoms with Gasteiger partial charge in [-0.2, -0.15) is 0 Å². The fraction of sp³-hybridized carbons (Fsp3) is 0.636. The third-order valence-electron chi connectivity index (χ3n) is 2.73. The van der Waals surface area contributed by atoms with Gasteiger partial charge >= 0.3 is 0 Å². The number of hydrogen-bond acceptors (Lipinski definition) is 5. The van der Waals surface area contributed by atoms with Crippen molar-refractivity contribution in [3.05, 3.63) is 10.6 Å². The van der Waals surface area contributed by atoms with Crippen molar-refractivity contribution in [2.75, 3.05) is 24.5 Å². The Balaban J connectivity index is 2.20. The van der Waals surface area contributed by atoms with Crippen molar-refractivity contribution in [1.29, 1.82) is 0 Å². The van der Waals surface area contributed by atoms with Gasteiger partial charge in [-0.25, -0.2) is 4.98 Å². The van der Waals surface area contributed by atoms with Crippen molar-refractivity contribution in [1.82, 2.24) is 10.3 Å². The standard InChI is InChI=1S/C11H17N3O2S/c1-7-10(8(2)15)17-11(13-7)14-5-3-4-12-9(16)6-14/h8,15H,3-6H2,1-2H3,(H,12,16). The lowest BCUT2D eigenvalue weighted by Crippen LogP contribution is -2.32. The molecule has 0 bridgehead atoms. The number of aromatic nitrogens is 1. The maximum atomic E-state index is 11.5. The van der Waals surface area contributed by atoms with Gasteiger partial charge in [-0.15, -0.1) is 0 Å². The predicted molar refractivity (Wildman–Crippen MR) is 67.3 cm³/mol. The fourth-order valence-electron chi connectivity index (χ4n) is 1.89. The lowest BCUT2D eigenvalue weighted by Gasteiger charge is -2.17. The molecule has 0 aromatic carbocycles. The normalized spacial score (nSPS) is 18.8. The number of nitrogens with one attached hydrogen (secondary N) is 1. The number of rotatable bonds is 2. The van der Waals surface area contributed by atoms with E-state index in [0.717, 1.165) is 35.2 Å². The van der Waals surface area contributed by atoms with E-state index in [1.165, 1.54) is 11.3 Å². The van der Waals surface area contributed by atoms with Gasteiger partial charge in [-0.3, -0.25) is 4.79 Å². The Bertz CT molecular complexity index is 417. The summed E-state index contributed by atoms with van der Waals surface area (Å²) in [6.07, 6.45) is 0.427. The highest BCUT2D eigenvalue weighted by molar-refractivity contribution is 7.15. The van der Waals surface area contributed by atoms with E-state index < -0.39 is 6.10 Å². The van der Waals surface area contributed by atoms with Gasteiger partial charge in [0.2, 0.25) is 5.91 Å². The average molecular weight is 255 g/mol. The first-order chi connectivity index (χ1) is 8.08. The molecule has 1 atom stereocenters. The minimum atomic E-state index is -0.498. The van der Waals surface area contributed by atoms with Gasteiger partial charge < -0.3 is 15.3 Å². The molecule has 1 aliphatic heterocycles. The molecule has 1 aromatic heterocycles. The van der Waals surface area contributed by atoms with Gasteiger partial charge in [0.05, 0.1) is 23.2 Å². The van der Waals surface area contributed by atoms with Crippen molar-refractivity contribution >= 4 is 22.4 Å². The Morgan fingerprint density at radius 2 is 2.35 bits per heavy atom. The molecular weight excluding hydrogens is 238 g/mol. The van der Waals surface area contributed by atoms with Crippen LogP contribution in [0.3, 0.4) is 0 Å². The molecule has 0 aliphatic carbocycles. The summed E-state index contributed by atoms with van der Waals surface area (Å²) in [5.74, 6) is 0.0361. The van der Waals surface area contributed by atoms with E-state index in [2.05, 4.69) is 10.3 Å². The Morgan fingerprint density at radius 1 is 1.59 bits per heavy atom. The minimum absolute atomic E-state index is 0.0361. The van der Waals surface area contributed by atoms with Gasteiger partial charge in [0.15, 0.2) is 5.13 Å². The smallest absolute Gasteiger partial charge is 0.239 e. The second-order valence-corrected chi connectivity index (χ2v) is 5.26. The van der Waals surface area contributed by atoms with Crippen LogP contribution in [-0.4, -0.2) is 35.6 Å². The summed E-state index contributed by atoms with van der Waals surface area (Å²) < 4.78 is 0. The Labute approximate surface area is 104 Å². The number of anilines is 1. The van der Waals surface area contributed by atoms with Crippen LogP contribution < -0.4 is 10.2 Å². The van der Waals surface area contributed by atoms with Crippen LogP contribution in [0.5, 0.6) is 0 Å². The number of aliphatic hydroxyl groups is 1. The summed E-state index contributed by atoms with van der Waals surface area (Å²) >= 11 is 1.47. The number of aliphatic hydroxyl groups excluding tert-OH is 1. The van der Waals surface area contributed by atoms with Gasteiger partial charge in [-0.1, -0.05) is 11.3 Å². The minimum Gasteiger partial charge on any atom is -0.388 e. The van der Waals surface area contributed by atoms with Crippen LogP contribution in [-0.2, 0) is 4.79 Å². The molecule has 1 aromatic rings. The molecule has 2 heterocycles. The zero-order chi connectivity index (χ0) is 12.4. The van der Waals surface area contributed by atoms with Crippen LogP contribution in [0.2, 0.25) is 0 Å². The highest BCUT2D eigenvalue weighted by Gasteiger charge is 2.20. The molecule has 6 heteroatoms. The van der Waals surface area contributed by atoms with Crippen molar-refractivity contribution in [2.45, 2.75) is 26.4 Å². The van der Waals surface area contributed by atoms with Crippen LogP contribution >= 0.6 is 11.3 Å². The molecule has 1 saturated heterocycles. The van der Waals surface area contributed by atoms with Crippen molar-refractivity contribution in [3.63, 3.8) is 0 Å². The topological polar surface area (TPSA) is 65.5 Å². The summed E-state index contributed by atoms with van der Waals surface area (Å²) in [6, 6.07) is 0. The molecule has 94 valence electrons. The van der Waals surface area contributed by atoms with E-state index in [1.807, 2.05) is 11.8 Å². The Hall–Kier alpha value is -1.14. The van der Waals surface area contributed by atoms with Crippen LogP contribution in [0.1, 0.15) is 30.0 Å². The van der Waals surface area contributed by atoms with Gasteiger partial charge in [0, 0.05) is 13.1 Å². The molecule has 1 aliphatic rings. The summed E-state index contributed by atoms with van der Waals surface area (Å²) in [5, 5.41) is 13.3. The number of hydrogen-bond donors (Lipinski definition) is 2. The third kappa shape index (κ3) is 2.76. The quantitative estimate of drug-likeness (QED) is 0.821. The molecule has 5 nitrogen and oxygen atoms in total. The largest absolute Gasteiger partial charge is 0.388 e. The highest BCUT2D eigenvalue weighted by atomic mass is 32.1. The first-order valence-corrected chi connectivity index (χ1v) is 6.56. The molecule has 1 amide bonds. The zero-order valence-electron chi connectivity index (χ0n) is 10.1. The average Bonchev–Trinajstić information content (AvgIpc) is 2.51. The molecule has 2 N–H and O–H groups in total. The third-order valence-corrected chi connectivity index (χ3v) is 4.12. The fourth-order valence-corrected chi connectivity index (χ4v) is 2.91. The van der Waals surface area contributed by atoms with Crippen LogP contribution in [0.15, 0.2) is 0 Å². The number of thiazole rings is 1. The molecule has 0 radical (unpaired) electrons. The molecule has 2 rings (SSSR count). The monoisotopic (exact) mass is 255 g/mol. The van der Waals surface area contributed by atoms with Crippen molar-refractivity contribution in [2.24, 2.45) is 0 Å². The second kappa shape index (κ2) is 5.01. The lowest BCUT2D eigenvalue weighted by molar-refractivity contribution is -0.119. The van der Waals surface area contributed by atoms with E-state index in [1.54, 1.807) is 6.92 Å². The first-order valence-electron chi connectivity index (χ1n) is 5.75. The predicted octanol–water partition coefficient (Wildman–Crippen LogP) is 0.831. The number of carbonyl (C=O) groups excluding carboxylic acids is 1. The SMILES string of the molecule is Cc1nc(N2CCCNC(=O)C2)sc1C(C)O. The summed E-state index contributed by atoms with van der Waals surface area (Å²) in [7, 11) is 0. The summed E-state index contributed by atoms with van der Waals surface area (Å²) in [4.78, 5) is 18.8. The van der Waals surface area contributed by atoms with E-state index in [9.17, 15) is 9.90 Å². The molecule has 1 unspecified atom stereocenters. The van der Waals surface area contributed by atoms with E-state index >= 15 is 0 Å². The maximum Gasteiger partial charge on any atom is 0.239 e. The van der Waals surface area contributed by atoms with E-state index in [4.69, 9.17) is 0 Å². The molecule has 0 spiro atoms. The lowest BCUT2D eigenvalue weighted by atomic mass is 10.3. The van der Waals surface area contributed by atoms with Crippen molar-refractivity contribution < 1.29 is 9.90 Å². The van der Waals surface area contributed by atoms with Crippen LogP contribution in [0.4, 0.5) is 5.13 Å². The molecular formula is C11H17N3O2S. The highest BCUT2D eigenvalue weighted by Crippen LogP contribution is 2.30. The van der Waals surface area contributed by atoms with Crippen LogP contribution in [0.25, 0.3) is 0 Å². The Morgan fingerprint density at radius 3 is 3.00 bits per heavy atom. The van der Waals surface area contributed by atoms with Crippen LogP contribution in [0, 0.1) is 6.92 Å². The van der Waals surface area contributed by atoms with Gasteiger partial charge in [0.1, 0.15) is 0 Å². The first kappa shape index (κ1) is 12.3. The van der Waals surface area contributed by atoms with Crippen molar-refractivity contribution in [3.8, 4) is 0 Å².